The number of benzene rings is 1. The summed E-state index contributed by atoms with van der Waals surface area (Å²) in [6.45, 7) is 8.64. The Bertz CT molecular complexity index is 586. The van der Waals surface area contributed by atoms with Crippen LogP contribution in [0.15, 0.2) is 30.9 Å². The second kappa shape index (κ2) is 5.53. The zero-order valence-corrected chi connectivity index (χ0v) is 11.4. The van der Waals surface area contributed by atoms with Gasteiger partial charge in [0.15, 0.2) is 0 Å². The van der Waals surface area contributed by atoms with Crippen molar-refractivity contribution in [3.05, 3.63) is 42.5 Å². The maximum Gasteiger partial charge on any atom is 0.127 e. The van der Waals surface area contributed by atoms with E-state index in [1.807, 2.05) is 4.57 Å². The zero-order valence-electron chi connectivity index (χ0n) is 11.4. The number of nitrogens with zero attached hydrogens (tertiary/aromatic N) is 2. The summed E-state index contributed by atoms with van der Waals surface area (Å²) in [5.74, 6) is 1.01. The summed E-state index contributed by atoms with van der Waals surface area (Å²) in [5.41, 5.74) is 7.77. The maximum atomic E-state index is 13.3. The summed E-state index contributed by atoms with van der Waals surface area (Å²) >= 11 is 0. The fraction of sp³-hybridized carbons (Fsp3) is 0.400. The van der Waals surface area contributed by atoms with Gasteiger partial charge >= 0.3 is 0 Å². The van der Waals surface area contributed by atoms with Gasteiger partial charge in [-0.05, 0) is 24.5 Å². The van der Waals surface area contributed by atoms with Crippen LogP contribution in [0.3, 0.4) is 0 Å². The van der Waals surface area contributed by atoms with Crippen LogP contribution in [0.4, 0.5) is 4.39 Å². The van der Waals surface area contributed by atoms with Gasteiger partial charge < -0.3 is 10.3 Å². The van der Waals surface area contributed by atoms with Crippen LogP contribution in [0.25, 0.3) is 11.0 Å². The molecule has 0 aliphatic carbocycles. The molecule has 1 heterocycles. The van der Waals surface area contributed by atoms with Crippen molar-refractivity contribution < 1.29 is 4.39 Å². The first kappa shape index (κ1) is 13.7. The van der Waals surface area contributed by atoms with Crippen LogP contribution in [0.1, 0.15) is 32.1 Å². The molecule has 1 aromatic carbocycles. The zero-order chi connectivity index (χ0) is 14.0. The average Bonchev–Trinajstić information content (AvgIpc) is 2.67. The van der Waals surface area contributed by atoms with Crippen LogP contribution in [0.5, 0.6) is 0 Å². The smallest absolute Gasteiger partial charge is 0.127 e. The van der Waals surface area contributed by atoms with Gasteiger partial charge in [0.05, 0.1) is 17.1 Å². The maximum absolute atomic E-state index is 13.3. The van der Waals surface area contributed by atoms with Crippen LogP contribution in [-0.2, 0) is 6.54 Å². The molecule has 1 unspecified atom stereocenters. The number of allylic oxidation sites excluding steroid dienone is 1. The summed E-state index contributed by atoms with van der Waals surface area (Å²) in [6.07, 6.45) is 2.65. The van der Waals surface area contributed by atoms with Gasteiger partial charge in [0.25, 0.3) is 0 Å². The van der Waals surface area contributed by atoms with Gasteiger partial charge in [-0.15, -0.1) is 6.58 Å². The van der Waals surface area contributed by atoms with Crippen molar-refractivity contribution in [2.24, 2.45) is 11.7 Å². The molecule has 2 N–H and O–H groups in total. The van der Waals surface area contributed by atoms with Gasteiger partial charge in [-0.2, -0.15) is 0 Å². The number of aromatic nitrogens is 2. The molecular weight excluding hydrogens is 241 g/mol. The lowest BCUT2D eigenvalue weighted by atomic mass is 10.0. The molecule has 0 aliphatic heterocycles. The highest BCUT2D eigenvalue weighted by atomic mass is 19.1. The predicted molar refractivity (Wildman–Crippen MR) is 76.3 cm³/mol. The number of halogens is 1. The molecule has 19 heavy (non-hydrogen) atoms. The van der Waals surface area contributed by atoms with E-state index in [-0.39, 0.29) is 11.9 Å². The summed E-state index contributed by atoms with van der Waals surface area (Å²) in [6, 6.07) is 4.49. The molecule has 0 radical (unpaired) electrons. The van der Waals surface area contributed by atoms with E-state index in [2.05, 4.69) is 25.4 Å². The third-order valence-electron chi connectivity index (χ3n) is 3.11. The molecule has 0 spiro atoms. The van der Waals surface area contributed by atoms with Crippen molar-refractivity contribution in [1.29, 1.82) is 0 Å². The number of imidazole rings is 1. The number of nitrogens with two attached hydrogens (primary N) is 1. The second-order valence-electron chi connectivity index (χ2n) is 5.24. The highest BCUT2D eigenvalue weighted by molar-refractivity contribution is 5.76. The van der Waals surface area contributed by atoms with Crippen LogP contribution in [-0.4, -0.2) is 9.55 Å². The molecule has 2 rings (SSSR count). The van der Waals surface area contributed by atoms with Crippen molar-refractivity contribution >= 4 is 11.0 Å². The number of hydrogen-bond acceptors (Lipinski definition) is 2. The van der Waals surface area contributed by atoms with Gasteiger partial charge in [0.2, 0.25) is 0 Å². The second-order valence-corrected chi connectivity index (χ2v) is 5.24. The summed E-state index contributed by atoms with van der Waals surface area (Å²) in [5, 5.41) is 0. The van der Waals surface area contributed by atoms with E-state index in [9.17, 15) is 4.39 Å². The fourth-order valence-electron chi connectivity index (χ4n) is 2.34. The Morgan fingerprint density at radius 2 is 2.21 bits per heavy atom. The standard InChI is InChI=1S/C15H20FN3/c1-4-7-19-14-6-5-11(16)9-13(14)18-15(19)12(17)8-10(2)3/h4-6,9-10,12H,1,7-8,17H2,2-3H3. The van der Waals surface area contributed by atoms with Gasteiger partial charge in [-0.25, -0.2) is 9.37 Å². The summed E-state index contributed by atoms with van der Waals surface area (Å²) in [7, 11) is 0. The third-order valence-corrected chi connectivity index (χ3v) is 3.11. The Kier molecular flexibility index (Phi) is 4.00. The van der Waals surface area contributed by atoms with Gasteiger partial charge in [0.1, 0.15) is 11.6 Å². The minimum Gasteiger partial charge on any atom is -0.323 e. The SMILES string of the molecule is C=CCn1c(C(N)CC(C)C)nc2cc(F)ccc21. The number of fused-ring (bicyclic) bond motifs is 1. The molecule has 0 aliphatic rings. The van der Waals surface area contributed by atoms with E-state index < -0.39 is 0 Å². The minimum absolute atomic E-state index is 0.143. The van der Waals surface area contributed by atoms with Gasteiger partial charge in [0, 0.05) is 12.6 Å². The van der Waals surface area contributed by atoms with E-state index in [0.717, 1.165) is 17.8 Å². The Hall–Kier alpha value is -1.68. The molecule has 4 heteroatoms. The molecule has 2 aromatic rings. The average molecular weight is 261 g/mol. The largest absolute Gasteiger partial charge is 0.323 e. The lowest BCUT2D eigenvalue weighted by Gasteiger charge is -2.15. The van der Waals surface area contributed by atoms with Crippen LogP contribution >= 0.6 is 0 Å². The molecule has 3 nitrogen and oxygen atoms in total. The highest BCUT2D eigenvalue weighted by Gasteiger charge is 2.17. The topological polar surface area (TPSA) is 43.8 Å². The fourth-order valence-corrected chi connectivity index (χ4v) is 2.34. The molecule has 0 amide bonds. The summed E-state index contributed by atoms with van der Waals surface area (Å²) < 4.78 is 15.3. The van der Waals surface area contributed by atoms with E-state index in [4.69, 9.17) is 5.73 Å². The van der Waals surface area contributed by atoms with Crippen LogP contribution in [0.2, 0.25) is 0 Å². The lowest BCUT2D eigenvalue weighted by molar-refractivity contribution is 0.482. The molecule has 0 saturated carbocycles. The molecule has 0 fully saturated rings. The van der Waals surface area contributed by atoms with E-state index in [0.29, 0.717) is 18.0 Å². The van der Waals surface area contributed by atoms with Crippen molar-refractivity contribution in [3.8, 4) is 0 Å². The first-order chi connectivity index (χ1) is 9.02. The lowest BCUT2D eigenvalue weighted by Crippen LogP contribution is -2.18. The first-order valence-electron chi connectivity index (χ1n) is 6.55. The Balaban J connectivity index is 2.52. The van der Waals surface area contributed by atoms with Crippen molar-refractivity contribution in [3.63, 3.8) is 0 Å². The number of rotatable bonds is 5. The van der Waals surface area contributed by atoms with Gasteiger partial charge in [-0.3, -0.25) is 0 Å². The van der Waals surface area contributed by atoms with Gasteiger partial charge in [-0.1, -0.05) is 19.9 Å². The molecule has 0 saturated heterocycles. The summed E-state index contributed by atoms with van der Waals surface area (Å²) in [4.78, 5) is 4.50. The molecule has 102 valence electrons. The highest BCUT2D eigenvalue weighted by Crippen LogP contribution is 2.24. The van der Waals surface area contributed by atoms with E-state index >= 15 is 0 Å². The normalized spacial score (nSPS) is 13.1. The van der Waals surface area contributed by atoms with Crippen molar-refractivity contribution in [1.82, 2.24) is 9.55 Å². The Morgan fingerprint density at radius 3 is 2.84 bits per heavy atom. The predicted octanol–water partition coefficient (Wildman–Crippen LogP) is 3.41. The quantitative estimate of drug-likeness (QED) is 0.838. The van der Waals surface area contributed by atoms with E-state index in [1.165, 1.54) is 12.1 Å². The van der Waals surface area contributed by atoms with Crippen molar-refractivity contribution in [2.75, 3.05) is 0 Å². The van der Waals surface area contributed by atoms with Crippen LogP contribution < -0.4 is 5.73 Å². The Labute approximate surface area is 112 Å². The molecular formula is C15H20FN3. The van der Waals surface area contributed by atoms with E-state index in [1.54, 1.807) is 12.1 Å². The van der Waals surface area contributed by atoms with Crippen molar-refractivity contribution in [2.45, 2.75) is 32.9 Å². The molecule has 1 aromatic heterocycles. The molecule has 1 atom stereocenters. The minimum atomic E-state index is -0.278. The number of hydrogen-bond donors (Lipinski definition) is 1. The monoisotopic (exact) mass is 261 g/mol. The molecule has 0 bridgehead atoms. The third kappa shape index (κ3) is 2.84. The van der Waals surface area contributed by atoms with Crippen LogP contribution in [0, 0.1) is 11.7 Å². The Morgan fingerprint density at radius 1 is 1.47 bits per heavy atom. The first-order valence-corrected chi connectivity index (χ1v) is 6.55.